The lowest BCUT2D eigenvalue weighted by Crippen LogP contribution is -2.20. The topological polar surface area (TPSA) is 46.2 Å². The van der Waals surface area contributed by atoms with Crippen molar-refractivity contribution in [1.82, 2.24) is 4.98 Å². The van der Waals surface area contributed by atoms with Gasteiger partial charge >= 0.3 is 6.18 Å². The SMILES string of the molecule is CCNc1nc(NCCOCC(F)(F)F)c(F)cc1F. The summed E-state index contributed by atoms with van der Waals surface area (Å²) in [4.78, 5) is 3.66. The summed E-state index contributed by atoms with van der Waals surface area (Å²) in [5, 5.41) is 5.03. The molecule has 0 aliphatic carbocycles. The first kappa shape index (κ1) is 16.4. The molecule has 0 radical (unpaired) electrons. The highest BCUT2D eigenvalue weighted by molar-refractivity contribution is 5.47. The third kappa shape index (κ3) is 5.55. The lowest BCUT2D eigenvalue weighted by molar-refractivity contribution is -0.172. The normalized spacial score (nSPS) is 11.5. The Labute approximate surface area is 112 Å². The zero-order valence-electron chi connectivity index (χ0n) is 10.7. The van der Waals surface area contributed by atoms with Gasteiger partial charge < -0.3 is 15.4 Å². The van der Waals surface area contributed by atoms with E-state index in [-0.39, 0.29) is 24.8 Å². The van der Waals surface area contributed by atoms with Gasteiger partial charge in [-0.25, -0.2) is 13.8 Å². The lowest BCUT2D eigenvalue weighted by atomic mass is 10.4. The monoisotopic (exact) mass is 299 g/mol. The summed E-state index contributed by atoms with van der Waals surface area (Å²) in [6, 6.07) is 0.643. The molecule has 9 heteroatoms. The molecule has 0 saturated carbocycles. The number of ether oxygens (including phenoxy) is 1. The number of hydrogen-bond acceptors (Lipinski definition) is 4. The molecule has 0 bridgehead atoms. The van der Waals surface area contributed by atoms with Crippen LogP contribution in [0, 0.1) is 11.6 Å². The fraction of sp³-hybridized carbons (Fsp3) is 0.545. The summed E-state index contributed by atoms with van der Waals surface area (Å²) in [5.41, 5.74) is 0. The highest BCUT2D eigenvalue weighted by Gasteiger charge is 2.27. The second-order valence-electron chi connectivity index (χ2n) is 3.77. The Morgan fingerprint density at radius 2 is 1.75 bits per heavy atom. The largest absolute Gasteiger partial charge is 0.411 e. The summed E-state index contributed by atoms with van der Waals surface area (Å²) in [6.45, 7) is 0.356. The van der Waals surface area contributed by atoms with Gasteiger partial charge in [0.15, 0.2) is 23.3 Å². The number of anilines is 2. The third-order valence-electron chi connectivity index (χ3n) is 2.08. The van der Waals surface area contributed by atoms with Crippen LogP contribution in [-0.4, -0.2) is 37.5 Å². The molecule has 20 heavy (non-hydrogen) atoms. The van der Waals surface area contributed by atoms with Crippen molar-refractivity contribution in [3.05, 3.63) is 17.7 Å². The molecule has 1 heterocycles. The molecule has 0 unspecified atom stereocenters. The number of aromatic nitrogens is 1. The quantitative estimate of drug-likeness (QED) is 0.600. The van der Waals surface area contributed by atoms with Crippen molar-refractivity contribution < 1.29 is 26.7 Å². The molecule has 0 aliphatic heterocycles. The van der Waals surface area contributed by atoms with Gasteiger partial charge in [-0.05, 0) is 6.92 Å². The van der Waals surface area contributed by atoms with E-state index in [2.05, 4.69) is 20.4 Å². The summed E-state index contributed by atoms with van der Waals surface area (Å²) in [6.07, 6.45) is -4.41. The van der Waals surface area contributed by atoms with Crippen LogP contribution in [0.3, 0.4) is 0 Å². The van der Waals surface area contributed by atoms with E-state index >= 15 is 0 Å². The van der Waals surface area contributed by atoms with Crippen molar-refractivity contribution >= 4 is 11.6 Å². The molecular weight excluding hydrogens is 285 g/mol. The first-order valence-electron chi connectivity index (χ1n) is 5.81. The van der Waals surface area contributed by atoms with Crippen molar-refractivity contribution in [3.63, 3.8) is 0 Å². The van der Waals surface area contributed by atoms with E-state index in [0.717, 1.165) is 0 Å². The number of rotatable bonds is 7. The third-order valence-corrected chi connectivity index (χ3v) is 2.08. The van der Waals surface area contributed by atoms with Crippen LogP contribution in [0.5, 0.6) is 0 Å². The molecule has 2 N–H and O–H groups in total. The second-order valence-corrected chi connectivity index (χ2v) is 3.77. The van der Waals surface area contributed by atoms with Crippen molar-refractivity contribution in [2.45, 2.75) is 13.1 Å². The summed E-state index contributed by atoms with van der Waals surface area (Å²) >= 11 is 0. The van der Waals surface area contributed by atoms with Gasteiger partial charge in [-0.1, -0.05) is 0 Å². The molecule has 1 aromatic rings. The molecule has 4 nitrogen and oxygen atoms in total. The van der Waals surface area contributed by atoms with E-state index in [1.807, 2.05) is 0 Å². The van der Waals surface area contributed by atoms with Crippen LogP contribution >= 0.6 is 0 Å². The Balaban J connectivity index is 2.49. The average molecular weight is 299 g/mol. The van der Waals surface area contributed by atoms with Crippen LogP contribution in [-0.2, 0) is 4.74 Å². The molecule has 1 rings (SSSR count). The molecule has 0 aliphatic rings. The predicted molar refractivity (Wildman–Crippen MR) is 63.7 cm³/mol. The maximum absolute atomic E-state index is 13.4. The zero-order valence-corrected chi connectivity index (χ0v) is 10.7. The van der Waals surface area contributed by atoms with Gasteiger partial charge in [0.25, 0.3) is 0 Å². The van der Waals surface area contributed by atoms with E-state index in [4.69, 9.17) is 0 Å². The van der Waals surface area contributed by atoms with Gasteiger partial charge in [0.05, 0.1) is 6.61 Å². The van der Waals surface area contributed by atoms with Crippen LogP contribution < -0.4 is 10.6 Å². The molecule has 0 amide bonds. The summed E-state index contributed by atoms with van der Waals surface area (Å²) in [7, 11) is 0. The Bertz CT molecular complexity index is 439. The Hall–Kier alpha value is -1.64. The van der Waals surface area contributed by atoms with E-state index in [1.54, 1.807) is 6.92 Å². The van der Waals surface area contributed by atoms with Crippen molar-refractivity contribution in [1.29, 1.82) is 0 Å². The zero-order chi connectivity index (χ0) is 15.2. The van der Waals surface area contributed by atoms with E-state index in [1.165, 1.54) is 0 Å². The minimum atomic E-state index is -4.41. The van der Waals surface area contributed by atoms with Crippen LogP contribution in [0.4, 0.5) is 33.6 Å². The average Bonchev–Trinajstić information content (AvgIpc) is 2.32. The molecule has 114 valence electrons. The first-order chi connectivity index (χ1) is 9.33. The number of nitrogens with one attached hydrogen (secondary N) is 2. The number of hydrogen-bond donors (Lipinski definition) is 2. The van der Waals surface area contributed by atoms with Gasteiger partial charge in [0, 0.05) is 19.2 Å². The van der Waals surface area contributed by atoms with Gasteiger partial charge in [0.1, 0.15) is 6.61 Å². The maximum atomic E-state index is 13.4. The van der Waals surface area contributed by atoms with Crippen molar-refractivity contribution in [3.8, 4) is 0 Å². The van der Waals surface area contributed by atoms with Crippen LogP contribution in [0.15, 0.2) is 6.07 Å². The molecule has 0 atom stereocenters. The minimum Gasteiger partial charge on any atom is -0.370 e. The highest BCUT2D eigenvalue weighted by atomic mass is 19.4. The van der Waals surface area contributed by atoms with Crippen molar-refractivity contribution in [2.75, 3.05) is 36.9 Å². The predicted octanol–water partition coefficient (Wildman–Crippen LogP) is 2.78. The number of alkyl halides is 3. The molecule has 0 fully saturated rings. The highest BCUT2D eigenvalue weighted by Crippen LogP contribution is 2.18. The lowest BCUT2D eigenvalue weighted by Gasteiger charge is -2.11. The van der Waals surface area contributed by atoms with Gasteiger partial charge in [0.2, 0.25) is 0 Å². The molecule has 0 spiro atoms. The summed E-state index contributed by atoms with van der Waals surface area (Å²) < 4.78 is 66.3. The standard InChI is InChI=1S/C11H14F5N3O/c1-2-17-9-7(12)5-8(13)10(19-9)18-3-4-20-6-11(14,15)16/h5H,2-4,6H2,1H3,(H2,17,18,19). The fourth-order valence-corrected chi connectivity index (χ4v) is 1.31. The molecule has 0 saturated heterocycles. The van der Waals surface area contributed by atoms with Gasteiger partial charge in [-0.15, -0.1) is 0 Å². The van der Waals surface area contributed by atoms with E-state index in [0.29, 0.717) is 12.6 Å². The number of pyridine rings is 1. The Morgan fingerprint density at radius 1 is 1.15 bits per heavy atom. The molecular formula is C11H14F5N3O. The number of nitrogens with zero attached hydrogens (tertiary/aromatic N) is 1. The van der Waals surface area contributed by atoms with Crippen molar-refractivity contribution in [2.24, 2.45) is 0 Å². The van der Waals surface area contributed by atoms with Crippen LogP contribution in [0.25, 0.3) is 0 Å². The van der Waals surface area contributed by atoms with Gasteiger partial charge in [-0.2, -0.15) is 13.2 Å². The first-order valence-corrected chi connectivity index (χ1v) is 5.81. The Morgan fingerprint density at radius 3 is 2.30 bits per heavy atom. The minimum absolute atomic E-state index is 0.0861. The maximum Gasteiger partial charge on any atom is 0.411 e. The Kier molecular flexibility index (Phi) is 5.93. The smallest absolute Gasteiger partial charge is 0.370 e. The van der Waals surface area contributed by atoms with Crippen LogP contribution in [0.2, 0.25) is 0 Å². The fourth-order valence-electron chi connectivity index (χ4n) is 1.31. The molecule has 1 aromatic heterocycles. The van der Waals surface area contributed by atoms with E-state index in [9.17, 15) is 22.0 Å². The van der Waals surface area contributed by atoms with Crippen LogP contribution in [0.1, 0.15) is 6.92 Å². The number of halogens is 5. The summed E-state index contributed by atoms with van der Waals surface area (Å²) in [5.74, 6) is -2.16. The van der Waals surface area contributed by atoms with E-state index < -0.39 is 24.4 Å². The second kappa shape index (κ2) is 7.22. The molecule has 0 aromatic carbocycles. The van der Waals surface area contributed by atoms with Gasteiger partial charge in [-0.3, -0.25) is 0 Å².